The fourth-order valence-electron chi connectivity index (χ4n) is 4.97. The van der Waals surface area contributed by atoms with E-state index in [0.717, 1.165) is 77.9 Å². The number of piperidine rings is 1. The number of likely N-dealkylation sites (tertiary alicyclic amines) is 1. The van der Waals surface area contributed by atoms with Gasteiger partial charge in [0.05, 0.1) is 30.4 Å². The summed E-state index contributed by atoms with van der Waals surface area (Å²) in [5, 5.41) is 9.53. The van der Waals surface area contributed by atoms with Gasteiger partial charge >= 0.3 is 0 Å². The molecule has 2 aromatic carbocycles. The number of pyridine rings is 1. The van der Waals surface area contributed by atoms with Crippen molar-refractivity contribution in [2.75, 3.05) is 51.8 Å². The minimum atomic E-state index is 0.456. The first-order valence-electron chi connectivity index (χ1n) is 12.0. The molecule has 0 saturated carbocycles. The van der Waals surface area contributed by atoms with Crippen molar-refractivity contribution in [3.8, 4) is 11.5 Å². The van der Waals surface area contributed by atoms with Crippen LogP contribution in [-0.4, -0.2) is 62.4 Å². The van der Waals surface area contributed by atoms with Crippen LogP contribution in [0.3, 0.4) is 0 Å². The normalized spacial score (nSPS) is 17.8. The highest BCUT2D eigenvalue weighted by molar-refractivity contribution is 6.08. The van der Waals surface area contributed by atoms with Crippen molar-refractivity contribution in [3.63, 3.8) is 0 Å². The summed E-state index contributed by atoms with van der Waals surface area (Å²) in [7, 11) is 1.71. The molecule has 0 bridgehead atoms. The molecular weight excluding hydrogens is 400 g/mol. The van der Waals surface area contributed by atoms with Gasteiger partial charge in [-0.15, -0.1) is 0 Å². The van der Waals surface area contributed by atoms with E-state index in [-0.39, 0.29) is 0 Å². The molecule has 0 unspecified atom stereocenters. The molecule has 2 aliphatic heterocycles. The van der Waals surface area contributed by atoms with E-state index in [2.05, 4.69) is 45.9 Å². The predicted molar refractivity (Wildman–Crippen MR) is 131 cm³/mol. The van der Waals surface area contributed by atoms with Gasteiger partial charge in [0, 0.05) is 29.4 Å². The van der Waals surface area contributed by atoms with Gasteiger partial charge in [0.25, 0.3) is 0 Å². The zero-order valence-electron chi connectivity index (χ0n) is 19.0. The van der Waals surface area contributed by atoms with Crippen LogP contribution in [0, 0.1) is 0 Å². The fourth-order valence-corrected chi connectivity index (χ4v) is 4.97. The molecule has 0 amide bonds. The van der Waals surface area contributed by atoms with E-state index < -0.39 is 0 Å². The first kappa shape index (κ1) is 21.3. The third kappa shape index (κ3) is 4.62. The molecule has 5 rings (SSSR count). The predicted octanol–water partition coefficient (Wildman–Crippen LogP) is 4.43. The standard InChI is InChI=1S/C26H34N4O2/c1-31-24-17-21-23(18-25(24)32-16-6-15-30-13-4-5-14-30)29-22-8-3-2-7-20(22)26(21)28-19-9-11-27-12-10-19/h2-3,7-8,17-19,27H,4-6,9-16H2,1H3,(H,28,29). The van der Waals surface area contributed by atoms with Gasteiger partial charge in [-0.1, -0.05) is 18.2 Å². The van der Waals surface area contributed by atoms with Crippen molar-refractivity contribution in [1.29, 1.82) is 0 Å². The monoisotopic (exact) mass is 434 g/mol. The van der Waals surface area contributed by atoms with Crippen LogP contribution in [0.15, 0.2) is 36.4 Å². The van der Waals surface area contributed by atoms with Crippen molar-refractivity contribution in [2.24, 2.45) is 0 Å². The number of hydrogen-bond donors (Lipinski definition) is 2. The Bertz CT molecular complexity index is 1060. The lowest BCUT2D eigenvalue weighted by Crippen LogP contribution is -2.35. The summed E-state index contributed by atoms with van der Waals surface area (Å²) in [6.07, 6.45) is 5.91. The zero-order chi connectivity index (χ0) is 21.8. The smallest absolute Gasteiger partial charge is 0.163 e. The summed E-state index contributed by atoms with van der Waals surface area (Å²) in [6, 6.07) is 13.0. The Balaban J connectivity index is 1.44. The molecule has 0 aliphatic carbocycles. The number of benzene rings is 2. The second kappa shape index (κ2) is 9.92. The van der Waals surface area contributed by atoms with Crippen molar-refractivity contribution < 1.29 is 9.47 Å². The quantitative estimate of drug-likeness (QED) is 0.404. The maximum absolute atomic E-state index is 6.18. The second-order valence-electron chi connectivity index (χ2n) is 8.94. The summed E-state index contributed by atoms with van der Waals surface area (Å²) in [5.41, 5.74) is 3.09. The van der Waals surface area contributed by atoms with E-state index in [0.29, 0.717) is 12.6 Å². The molecule has 6 nitrogen and oxygen atoms in total. The summed E-state index contributed by atoms with van der Waals surface area (Å²) in [4.78, 5) is 7.48. The Morgan fingerprint density at radius 1 is 1.03 bits per heavy atom. The first-order chi connectivity index (χ1) is 15.8. The molecule has 2 aliphatic rings. The van der Waals surface area contributed by atoms with E-state index in [9.17, 15) is 0 Å². The number of hydrogen-bond acceptors (Lipinski definition) is 6. The average molecular weight is 435 g/mol. The van der Waals surface area contributed by atoms with E-state index in [1.54, 1.807) is 7.11 Å². The van der Waals surface area contributed by atoms with Gasteiger partial charge in [-0.3, -0.25) is 0 Å². The number of ether oxygens (including phenoxy) is 2. The zero-order valence-corrected chi connectivity index (χ0v) is 19.0. The number of nitrogens with zero attached hydrogens (tertiary/aromatic N) is 2. The number of aromatic nitrogens is 1. The molecule has 0 radical (unpaired) electrons. The van der Waals surface area contributed by atoms with Crippen LogP contribution < -0.4 is 20.1 Å². The van der Waals surface area contributed by atoms with Gasteiger partial charge in [-0.25, -0.2) is 4.98 Å². The van der Waals surface area contributed by atoms with E-state index in [1.807, 2.05) is 6.07 Å². The lowest BCUT2D eigenvalue weighted by atomic mass is 10.0. The second-order valence-corrected chi connectivity index (χ2v) is 8.94. The van der Waals surface area contributed by atoms with Gasteiger partial charge in [0.1, 0.15) is 0 Å². The number of nitrogens with one attached hydrogen (secondary N) is 2. The molecule has 170 valence electrons. The molecule has 2 N–H and O–H groups in total. The summed E-state index contributed by atoms with van der Waals surface area (Å²) in [6.45, 7) is 6.34. The Kier molecular flexibility index (Phi) is 6.60. The van der Waals surface area contributed by atoms with Crippen molar-refractivity contribution in [2.45, 2.75) is 38.1 Å². The summed E-state index contributed by atoms with van der Waals surface area (Å²) >= 11 is 0. The largest absolute Gasteiger partial charge is 0.493 e. The fraction of sp³-hybridized carbons (Fsp3) is 0.500. The maximum Gasteiger partial charge on any atom is 0.163 e. The molecule has 0 atom stereocenters. The SMILES string of the molecule is COc1cc2c(NC3CCNCC3)c3ccccc3nc2cc1OCCCN1CCCC1. The topological polar surface area (TPSA) is 58.6 Å². The first-order valence-corrected chi connectivity index (χ1v) is 12.0. The average Bonchev–Trinajstić information content (AvgIpc) is 3.35. The van der Waals surface area contributed by atoms with Crippen molar-refractivity contribution in [3.05, 3.63) is 36.4 Å². The van der Waals surface area contributed by atoms with Gasteiger partial charge in [-0.2, -0.15) is 0 Å². The third-order valence-corrected chi connectivity index (χ3v) is 6.73. The van der Waals surface area contributed by atoms with Crippen LogP contribution in [-0.2, 0) is 0 Å². The Morgan fingerprint density at radius 3 is 2.66 bits per heavy atom. The molecule has 2 fully saturated rings. The third-order valence-electron chi connectivity index (χ3n) is 6.73. The van der Waals surface area contributed by atoms with Gasteiger partial charge in [0.15, 0.2) is 11.5 Å². The Hall–Kier alpha value is -2.57. The number of anilines is 1. The maximum atomic E-state index is 6.18. The molecule has 0 spiro atoms. The molecule has 2 saturated heterocycles. The number of para-hydroxylation sites is 1. The van der Waals surface area contributed by atoms with Crippen LogP contribution in [0.4, 0.5) is 5.69 Å². The van der Waals surface area contributed by atoms with Gasteiger partial charge in [-0.05, 0) is 70.4 Å². The summed E-state index contributed by atoms with van der Waals surface area (Å²) < 4.78 is 11.9. The number of fused-ring (bicyclic) bond motifs is 2. The lowest BCUT2D eigenvalue weighted by molar-refractivity contribution is 0.254. The molecule has 3 heterocycles. The van der Waals surface area contributed by atoms with Gasteiger partial charge < -0.3 is 25.0 Å². The highest BCUT2D eigenvalue weighted by atomic mass is 16.5. The number of rotatable bonds is 8. The number of methoxy groups -OCH3 is 1. The minimum absolute atomic E-state index is 0.456. The van der Waals surface area contributed by atoms with Crippen LogP contribution in [0.2, 0.25) is 0 Å². The highest BCUT2D eigenvalue weighted by Gasteiger charge is 2.19. The van der Waals surface area contributed by atoms with Crippen molar-refractivity contribution >= 4 is 27.5 Å². The van der Waals surface area contributed by atoms with Crippen LogP contribution >= 0.6 is 0 Å². The van der Waals surface area contributed by atoms with Crippen LogP contribution in [0.5, 0.6) is 11.5 Å². The van der Waals surface area contributed by atoms with E-state index in [1.165, 1.54) is 25.9 Å². The highest BCUT2D eigenvalue weighted by Crippen LogP contribution is 2.38. The van der Waals surface area contributed by atoms with Crippen LogP contribution in [0.1, 0.15) is 32.1 Å². The summed E-state index contributed by atoms with van der Waals surface area (Å²) in [5.74, 6) is 1.54. The molecule has 1 aromatic heterocycles. The van der Waals surface area contributed by atoms with E-state index >= 15 is 0 Å². The Morgan fingerprint density at radius 2 is 1.84 bits per heavy atom. The van der Waals surface area contributed by atoms with E-state index in [4.69, 9.17) is 14.5 Å². The molecular formula is C26H34N4O2. The minimum Gasteiger partial charge on any atom is -0.493 e. The lowest BCUT2D eigenvalue weighted by Gasteiger charge is -2.26. The molecule has 6 heteroatoms. The van der Waals surface area contributed by atoms with Crippen molar-refractivity contribution in [1.82, 2.24) is 15.2 Å². The van der Waals surface area contributed by atoms with Gasteiger partial charge in [0.2, 0.25) is 0 Å². The Labute approximate surface area is 190 Å². The molecule has 32 heavy (non-hydrogen) atoms. The molecule has 3 aromatic rings. The van der Waals surface area contributed by atoms with Crippen LogP contribution in [0.25, 0.3) is 21.8 Å².